The molecule has 1 aromatic carbocycles. The van der Waals surface area contributed by atoms with E-state index in [0.29, 0.717) is 11.4 Å². The molecular formula is C10H10ClF3N2. The lowest BCUT2D eigenvalue weighted by molar-refractivity contribution is -0.137. The van der Waals surface area contributed by atoms with Crippen LogP contribution in [0.4, 0.5) is 24.5 Å². The molecule has 1 aliphatic rings. The lowest BCUT2D eigenvalue weighted by Crippen LogP contribution is -2.20. The molecule has 6 heteroatoms. The maximum Gasteiger partial charge on any atom is 0.417 e. The number of fused-ring (bicyclic) bond motifs is 1. The van der Waals surface area contributed by atoms with Crippen LogP contribution in [0.1, 0.15) is 18.9 Å². The van der Waals surface area contributed by atoms with Gasteiger partial charge in [-0.25, -0.2) is 0 Å². The van der Waals surface area contributed by atoms with Crippen LogP contribution < -0.4 is 10.6 Å². The Hall–Kier alpha value is -1.10. The second kappa shape index (κ2) is 3.73. The van der Waals surface area contributed by atoms with Gasteiger partial charge in [-0.2, -0.15) is 13.2 Å². The van der Waals surface area contributed by atoms with E-state index in [2.05, 4.69) is 10.6 Å². The molecule has 0 radical (unpaired) electrons. The van der Waals surface area contributed by atoms with Gasteiger partial charge in [-0.3, -0.25) is 0 Å². The second-order valence-electron chi connectivity index (χ2n) is 3.62. The number of rotatable bonds is 1. The van der Waals surface area contributed by atoms with Gasteiger partial charge in [0, 0.05) is 0 Å². The van der Waals surface area contributed by atoms with Gasteiger partial charge in [0.25, 0.3) is 0 Å². The molecule has 0 spiro atoms. The number of alkyl halides is 3. The minimum Gasteiger partial charge on any atom is -0.364 e. The lowest BCUT2D eigenvalue weighted by Gasteiger charge is -2.10. The van der Waals surface area contributed by atoms with Gasteiger partial charge in [0.15, 0.2) is 0 Å². The van der Waals surface area contributed by atoms with Gasteiger partial charge >= 0.3 is 6.18 Å². The molecule has 1 heterocycles. The molecule has 1 aliphatic heterocycles. The van der Waals surface area contributed by atoms with Gasteiger partial charge < -0.3 is 10.6 Å². The third-order valence-electron chi connectivity index (χ3n) is 2.48. The first-order valence-electron chi connectivity index (χ1n) is 4.85. The summed E-state index contributed by atoms with van der Waals surface area (Å²) in [6, 6.07) is 2.35. The highest BCUT2D eigenvalue weighted by atomic mass is 35.5. The van der Waals surface area contributed by atoms with Crippen molar-refractivity contribution in [3.05, 3.63) is 22.7 Å². The average Bonchev–Trinajstić information content (AvgIpc) is 2.56. The van der Waals surface area contributed by atoms with Crippen LogP contribution in [0.5, 0.6) is 0 Å². The van der Waals surface area contributed by atoms with E-state index in [4.69, 9.17) is 11.6 Å². The maximum atomic E-state index is 12.6. The summed E-state index contributed by atoms with van der Waals surface area (Å²) in [5.74, 6) is 0. The first-order chi connectivity index (χ1) is 7.41. The van der Waals surface area contributed by atoms with E-state index < -0.39 is 11.7 Å². The molecule has 0 bridgehead atoms. The van der Waals surface area contributed by atoms with Crippen molar-refractivity contribution in [1.82, 2.24) is 0 Å². The zero-order chi connectivity index (χ0) is 11.9. The van der Waals surface area contributed by atoms with Gasteiger partial charge in [0.1, 0.15) is 0 Å². The van der Waals surface area contributed by atoms with E-state index in [-0.39, 0.29) is 11.2 Å². The van der Waals surface area contributed by atoms with Crippen molar-refractivity contribution in [2.75, 3.05) is 10.6 Å². The average molecular weight is 251 g/mol. The Morgan fingerprint density at radius 2 is 1.81 bits per heavy atom. The van der Waals surface area contributed by atoms with Crippen molar-refractivity contribution in [3.63, 3.8) is 0 Å². The van der Waals surface area contributed by atoms with Gasteiger partial charge in [0.05, 0.1) is 28.1 Å². The molecule has 0 aromatic heterocycles. The molecule has 1 atom stereocenters. The first-order valence-corrected chi connectivity index (χ1v) is 5.23. The molecular weight excluding hydrogens is 241 g/mol. The molecule has 0 saturated heterocycles. The Bertz CT molecular complexity index is 417. The quantitative estimate of drug-likeness (QED) is 0.789. The Kier molecular flexibility index (Phi) is 2.66. The van der Waals surface area contributed by atoms with Crippen molar-refractivity contribution in [2.24, 2.45) is 0 Å². The molecule has 2 N–H and O–H groups in total. The predicted molar refractivity (Wildman–Crippen MR) is 57.8 cm³/mol. The summed E-state index contributed by atoms with van der Waals surface area (Å²) < 4.78 is 37.7. The number of hydrogen-bond acceptors (Lipinski definition) is 2. The van der Waals surface area contributed by atoms with Gasteiger partial charge in [-0.15, -0.1) is 0 Å². The third kappa shape index (κ3) is 1.91. The van der Waals surface area contributed by atoms with E-state index in [0.717, 1.165) is 12.5 Å². The SMILES string of the molecule is CCC1Nc2cc(Cl)c(C(F)(F)F)cc2N1. The van der Waals surface area contributed by atoms with E-state index >= 15 is 0 Å². The van der Waals surface area contributed by atoms with E-state index in [1.807, 2.05) is 6.92 Å². The van der Waals surface area contributed by atoms with Gasteiger partial charge in [-0.05, 0) is 18.6 Å². The number of hydrogen-bond donors (Lipinski definition) is 2. The van der Waals surface area contributed by atoms with E-state index in [1.54, 1.807) is 0 Å². The number of benzene rings is 1. The van der Waals surface area contributed by atoms with Crippen LogP contribution in [0, 0.1) is 0 Å². The Morgan fingerprint density at radius 3 is 2.31 bits per heavy atom. The van der Waals surface area contributed by atoms with Crippen LogP contribution in [0.3, 0.4) is 0 Å². The second-order valence-corrected chi connectivity index (χ2v) is 4.03. The highest BCUT2D eigenvalue weighted by molar-refractivity contribution is 6.32. The summed E-state index contributed by atoms with van der Waals surface area (Å²) in [4.78, 5) is 0. The summed E-state index contributed by atoms with van der Waals surface area (Å²) in [6.07, 6.45) is -3.68. The number of nitrogens with one attached hydrogen (secondary N) is 2. The van der Waals surface area contributed by atoms with Crippen LogP contribution in [0.15, 0.2) is 12.1 Å². The van der Waals surface area contributed by atoms with Crippen molar-refractivity contribution in [2.45, 2.75) is 25.7 Å². The summed E-state index contributed by atoms with van der Waals surface area (Å²) in [7, 11) is 0. The fourth-order valence-electron chi connectivity index (χ4n) is 1.64. The van der Waals surface area contributed by atoms with Crippen LogP contribution in [-0.2, 0) is 6.18 Å². The maximum absolute atomic E-state index is 12.6. The predicted octanol–water partition coefficient (Wildman–Crippen LogP) is 3.93. The fourth-order valence-corrected chi connectivity index (χ4v) is 1.92. The van der Waals surface area contributed by atoms with Gasteiger partial charge in [0.2, 0.25) is 0 Å². The number of halogens is 4. The fraction of sp³-hybridized carbons (Fsp3) is 0.400. The Morgan fingerprint density at radius 1 is 1.25 bits per heavy atom. The van der Waals surface area contributed by atoms with Crippen molar-refractivity contribution >= 4 is 23.0 Å². The summed E-state index contributed by atoms with van der Waals surface area (Å²) in [6.45, 7) is 1.93. The minimum atomic E-state index is -4.42. The smallest absolute Gasteiger partial charge is 0.364 e. The standard InChI is InChI=1S/C10H10ClF3N2/c1-2-9-15-7-3-5(10(12,13)14)6(11)4-8(7)16-9/h3-4,9,15-16H,2H2,1H3. The molecule has 0 saturated carbocycles. The molecule has 0 fully saturated rings. The topological polar surface area (TPSA) is 24.1 Å². The van der Waals surface area contributed by atoms with Gasteiger partial charge in [-0.1, -0.05) is 18.5 Å². The molecule has 1 aromatic rings. The highest BCUT2D eigenvalue weighted by Crippen LogP contribution is 2.41. The largest absolute Gasteiger partial charge is 0.417 e. The monoisotopic (exact) mass is 250 g/mol. The molecule has 0 amide bonds. The summed E-state index contributed by atoms with van der Waals surface area (Å²) >= 11 is 5.60. The van der Waals surface area contributed by atoms with Crippen LogP contribution >= 0.6 is 11.6 Å². The van der Waals surface area contributed by atoms with Crippen LogP contribution in [-0.4, -0.2) is 6.17 Å². The van der Waals surface area contributed by atoms with Crippen molar-refractivity contribution in [1.29, 1.82) is 0 Å². The molecule has 0 aliphatic carbocycles. The van der Waals surface area contributed by atoms with E-state index in [9.17, 15) is 13.2 Å². The zero-order valence-electron chi connectivity index (χ0n) is 8.45. The normalized spacial score (nSPS) is 18.9. The molecule has 16 heavy (non-hydrogen) atoms. The highest BCUT2D eigenvalue weighted by Gasteiger charge is 2.35. The third-order valence-corrected chi connectivity index (χ3v) is 2.79. The minimum absolute atomic E-state index is 0.0328. The summed E-state index contributed by atoms with van der Waals surface area (Å²) in [5.41, 5.74) is 0.257. The number of anilines is 2. The van der Waals surface area contributed by atoms with E-state index in [1.165, 1.54) is 6.07 Å². The molecule has 88 valence electrons. The molecule has 2 rings (SSSR count). The van der Waals surface area contributed by atoms with Crippen molar-refractivity contribution in [3.8, 4) is 0 Å². The molecule has 2 nitrogen and oxygen atoms in total. The van der Waals surface area contributed by atoms with Crippen LogP contribution in [0.25, 0.3) is 0 Å². The lowest BCUT2D eigenvalue weighted by atomic mass is 10.1. The zero-order valence-corrected chi connectivity index (χ0v) is 9.21. The van der Waals surface area contributed by atoms with Crippen LogP contribution in [0.2, 0.25) is 5.02 Å². The Labute approximate surface area is 95.8 Å². The summed E-state index contributed by atoms with van der Waals surface area (Å²) in [5, 5.41) is 5.71. The van der Waals surface area contributed by atoms with Crippen molar-refractivity contribution < 1.29 is 13.2 Å². The first kappa shape index (κ1) is 11.4. The molecule has 1 unspecified atom stereocenters. The Balaban J connectivity index is 2.41.